The predicted octanol–water partition coefficient (Wildman–Crippen LogP) is 4.53. The van der Waals surface area contributed by atoms with E-state index in [1.165, 1.54) is 7.11 Å². The predicted molar refractivity (Wildman–Crippen MR) is 80.1 cm³/mol. The molecule has 0 saturated heterocycles. The van der Waals surface area contributed by atoms with Crippen LogP contribution in [0.25, 0.3) is 0 Å². The molecule has 0 fully saturated rings. The number of hydrogen-bond acceptors (Lipinski definition) is 3. The Morgan fingerprint density at radius 1 is 1.10 bits per heavy atom. The summed E-state index contributed by atoms with van der Waals surface area (Å²) < 4.78 is 5.03. The van der Waals surface area contributed by atoms with E-state index < -0.39 is 0 Å². The van der Waals surface area contributed by atoms with Gasteiger partial charge >= 0.3 is 34.1 Å². The fraction of sp³-hybridized carbons (Fsp3) is 0.0714. The molecule has 0 unspecified atom stereocenters. The molecular formula is C14H13Cl2NO2V. The normalized spacial score (nSPS) is 9.75. The van der Waals surface area contributed by atoms with Crippen molar-refractivity contribution in [2.45, 2.75) is 0 Å². The molecule has 0 aliphatic heterocycles. The molecule has 0 aliphatic rings. The molecule has 0 amide bonds. The van der Waals surface area contributed by atoms with Gasteiger partial charge in [0.15, 0.2) is 11.5 Å². The molecule has 2 aromatic carbocycles. The fourth-order valence-electron chi connectivity index (χ4n) is 1.47. The van der Waals surface area contributed by atoms with Crippen LogP contribution in [-0.2, 0) is 14.4 Å². The molecule has 1 N–H and O–H groups in total. The zero-order valence-corrected chi connectivity index (χ0v) is 13.6. The Labute approximate surface area is 133 Å². The van der Waals surface area contributed by atoms with Crippen LogP contribution in [0.3, 0.4) is 0 Å². The van der Waals surface area contributed by atoms with E-state index in [4.69, 9.17) is 24.4 Å². The van der Waals surface area contributed by atoms with Gasteiger partial charge < -0.3 is 9.84 Å². The van der Waals surface area contributed by atoms with E-state index in [1.54, 1.807) is 18.3 Å². The Kier molecular flexibility index (Phi) is 8.23. The van der Waals surface area contributed by atoms with E-state index in [0.717, 1.165) is 5.69 Å². The molecule has 0 heterocycles. The number of methoxy groups -OCH3 is 1. The van der Waals surface area contributed by atoms with Gasteiger partial charge in [0.05, 0.1) is 12.8 Å². The molecule has 0 radical (unpaired) electrons. The molecule has 0 bridgehead atoms. The minimum absolute atomic E-state index is 0.106. The third-order valence-corrected chi connectivity index (χ3v) is 2.36. The van der Waals surface area contributed by atoms with Gasteiger partial charge in [-0.2, -0.15) is 0 Å². The molecule has 0 spiro atoms. The van der Waals surface area contributed by atoms with E-state index >= 15 is 0 Å². The van der Waals surface area contributed by atoms with Gasteiger partial charge in [-0.15, -0.1) is 0 Å². The van der Waals surface area contributed by atoms with Gasteiger partial charge in [0.1, 0.15) is 0 Å². The maximum absolute atomic E-state index is 9.85. The molecule has 105 valence electrons. The number of rotatable bonds is 3. The number of ether oxygens (including phenoxy) is 1. The Balaban J connectivity index is 0.000000612. The van der Waals surface area contributed by atoms with Crippen molar-refractivity contribution in [3.8, 4) is 11.5 Å². The van der Waals surface area contributed by atoms with Gasteiger partial charge in [0.25, 0.3) is 0 Å². The van der Waals surface area contributed by atoms with Crippen molar-refractivity contribution in [2.24, 2.45) is 4.99 Å². The summed E-state index contributed by atoms with van der Waals surface area (Å²) in [6.07, 6.45) is 1.62. The van der Waals surface area contributed by atoms with Crippen LogP contribution in [0.4, 0.5) is 5.69 Å². The molecule has 3 nitrogen and oxygen atoms in total. The van der Waals surface area contributed by atoms with E-state index in [9.17, 15) is 5.11 Å². The SMILES string of the molecule is COc1cccc(C=Nc2ccccc2)c1O.[Cl][V][Cl]. The van der Waals surface area contributed by atoms with Gasteiger partial charge in [0, 0.05) is 11.8 Å². The van der Waals surface area contributed by atoms with Crippen LogP contribution in [0.15, 0.2) is 53.5 Å². The Bertz CT molecular complexity index is 550. The molecule has 0 atom stereocenters. The molecule has 0 aromatic heterocycles. The van der Waals surface area contributed by atoms with E-state index in [1.807, 2.05) is 36.4 Å². The molecule has 20 heavy (non-hydrogen) atoms. The third-order valence-electron chi connectivity index (χ3n) is 2.36. The van der Waals surface area contributed by atoms with Gasteiger partial charge in [-0.1, -0.05) is 24.3 Å². The second-order valence-electron chi connectivity index (χ2n) is 3.56. The zero-order chi connectivity index (χ0) is 14.8. The van der Waals surface area contributed by atoms with Crippen LogP contribution < -0.4 is 4.74 Å². The van der Waals surface area contributed by atoms with Gasteiger partial charge in [-0.25, -0.2) is 0 Å². The van der Waals surface area contributed by atoms with Gasteiger partial charge in [-0.05, 0) is 24.3 Å². The third kappa shape index (κ3) is 5.47. The molecule has 0 aliphatic carbocycles. The fourth-order valence-corrected chi connectivity index (χ4v) is 1.47. The number of aliphatic imine (C=N–C) groups is 1. The average molecular weight is 349 g/mol. The van der Waals surface area contributed by atoms with Crippen LogP contribution >= 0.6 is 19.7 Å². The van der Waals surface area contributed by atoms with E-state index in [-0.39, 0.29) is 20.1 Å². The maximum atomic E-state index is 9.85. The quantitative estimate of drug-likeness (QED) is 0.828. The summed E-state index contributed by atoms with van der Waals surface area (Å²) in [7, 11) is 11.2. The second-order valence-corrected chi connectivity index (χ2v) is 5.86. The van der Waals surface area contributed by atoms with Crippen molar-refractivity contribution in [3.63, 3.8) is 0 Å². The number of para-hydroxylation sites is 2. The summed E-state index contributed by atoms with van der Waals surface area (Å²) in [4.78, 5) is 4.27. The summed E-state index contributed by atoms with van der Waals surface area (Å²) in [6, 6.07) is 14.9. The Hall–Kier alpha value is -1.13. The number of phenols is 1. The summed E-state index contributed by atoms with van der Waals surface area (Å²) in [5, 5.41) is 9.85. The first kappa shape index (κ1) is 16.9. The summed E-state index contributed by atoms with van der Waals surface area (Å²) in [5.74, 6) is 0.552. The number of phenolic OH excluding ortho intramolecular Hbond substituents is 1. The standard InChI is InChI=1S/C14H13NO2.2ClH.V/c1-17-13-9-5-6-11(14(13)16)10-15-12-7-3-2-4-8-12;;;/h2-10,16H,1H3;2*1H;/q;;;+2/p-2. The zero-order valence-electron chi connectivity index (χ0n) is 10.7. The van der Waals surface area contributed by atoms with Crippen LogP contribution in [0.2, 0.25) is 0 Å². The second kappa shape index (κ2) is 9.73. The van der Waals surface area contributed by atoms with Crippen molar-refractivity contribution in [1.82, 2.24) is 0 Å². The Morgan fingerprint density at radius 3 is 2.35 bits per heavy atom. The molecule has 6 heteroatoms. The first-order valence-electron chi connectivity index (χ1n) is 5.60. The van der Waals surface area contributed by atoms with Crippen LogP contribution in [0.1, 0.15) is 5.56 Å². The molecule has 2 aromatic rings. The molecule has 2 rings (SSSR count). The number of hydrogen-bond donors (Lipinski definition) is 1. The minimum atomic E-state index is -0.368. The van der Waals surface area contributed by atoms with Crippen LogP contribution in [0.5, 0.6) is 11.5 Å². The van der Waals surface area contributed by atoms with Crippen LogP contribution in [0, 0.1) is 0 Å². The summed E-state index contributed by atoms with van der Waals surface area (Å²) in [6.45, 7) is 0. The van der Waals surface area contributed by atoms with Crippen molar-refractivity contribution in [3.05, 3.63) is 54.1 Å². The summed E-state index contributed by atoms with van der Waals surface area (Å²) in [5.41, 5.74) is 1.47. The first-order chi connectivity index (χ1) is 9.72. The Morgan fingerprint density at radius 2 is 1.75 bits per heavy atom. The molecular weight excluding hydrogens is 336 g/mol. The number of aromatic hydroxyl groups is 1. The number of benzene rings is 2. The number of halogens is 2. The van der Waals surface area contributed by atoms with Crippen molar-refractivity contribution in [1.29, 1.82) is 0 Å². The van der Waals surface area contributed by atoms with E-state index in [0.29, 0.717) is 11.3 Å². The summed E-state index contributed by atoms with van der Waals surface area (Å²) >= 11 is -0.368. The first-order valence-corrected chi connectivity index (χ1v) is 9.44. The van der Waals surface area contributed by atoms with Gasteiger partial charge in [0.2, 0.25) is 0 Å². The van der Waals surface area contributed by atoms with Crippen LogP contribution in [-0.4, -0.2) is 18.4 Å². The van der Waals surface area contributed by atoms with Crippen molar-refractivity contribution < 1.29 is 24.2 Å². The van der Waals surface area contributed by atoms with E-state index in [2.05, 4.69) is 4.99 Å². The van der Waals surface area contributed by atoms with Gasteiger partial charge in [-0.3, -0.25) is 4.99 Å². The molecule has 0 saturated carbocycles. The monoisotopic (exact) mass is 348 g/mol. The number of nitrogens with zero attached hydrogens (tertiary/aromatic N) is 1. The van der Waals surface area contributed by atoms with Crippen molar-refractivity contribution in [2.75, 3.05) is 7.11 Å². The topological polar surface area (TPSA) is 41.8 Å². The average Bonchev–Trinajstić information content (AvgIpc) is 2.48. The van der Waals surface area contributed by atoms with Crippen molar-refractivity contribution >= 4 is 31.6 Å².